The Hall–Kier alpha value is -3.55. The number of hydrogen-bond acceptors (Lipinski definition) is 4. The average Bonchev–Trinajstić information content (AvgIpc) is 3.00. The van der Waals surface area contributed by atoms with Crippen LogP contribution in [0.2, 0.25) is 0 Å². The van der Waals surface area contributed by atoms with Gasteiger partial charge in [-0.3, -0.25) is 4.79 Å². The molecule has 0 bridgehead atoms. The molecule has 3 aromatic rings. The molecule has 0 atom stereocenters. The minimum absolute atomic E-state index is 0.372. The van der Waals surface area contributed by atoms with Gasteiger partial charge in [-0.05, 0) is 31.2 Å². The minimum atomic E-state index is -1.26. The van der Waals surface area contributed by atoms with Crippen LogP contribution >= 0.6 is 0 Å². The van der Waals surface area contributed by atoms with E-state index < -0.39 is 35.7 Å². The van der Waals surface area contributed by atoms with Crippen LogP contribution in [0.15, 0.2) is 54.6 Å². The third-order valence-electron chi connectivity index (χ3n) is 3.60. The topological polar surface area (TPSA) is 73.2 Å². The molecule has 1 amide bonds. The molecule has 0 saturated heterocycles. The summed E-state index contributed by atoms with van der Waals surface area (Å²) in [4.78, 5) is 23.9. The maximum absolute atomic E-state index is 13.6. The molecule has 138 valence electrons. The van der Waals surface area contributed by atoms with Crippen LogP contribution in [0.4, 0.5) is 14.6 Å². The predicted molar refractivity (Wildman–Crippen MR) is 93.6 cm³/mol. The lowest BCUT2D eigenvalue weighted by Gasteiger charge is -2.09. The van der Waals surface area contributed by atoms with Gasteiger partial charge in [0, 0.05) is 6.07 Å². The summed E-state index contributed by atoms with van der Waals surface area (Å²) in [5.41, 5.74) is 0.557. The van der Waals surface area contributed by atoms with Crippen LogP contribution in [0, 0.1) is 18.6 Å². The van der Waals surface area contributed by atoms with Crippen molar-refractivity contribution in [2.24, 2.45) is 0 Å². The van der Waals surface area contributed by atoms with Crippen molar-refractivity contribution in [3.8, 4) is 5.69 Å². The van der Waals surface area contributed by atoms with Crippen molar-refractivity contribution in [3.63, 3.8) is 0 Å². The van der Waals surface area contributed by atoms with Crippen LogP contribution in [-0.2, 0) is 9.53 Å². The fourth-order valence-electron chi connectivity index (χ4n) is 2.43. The number of ether oxygens (including phenoxy) is 1. The smallest absolute Gasteiger partial charge is 0.344 e. The van der Waals surface area contributed by atoms with E-state index in [4.69, 9.17) is 4.74 Å². The molecule has 0 spiro atoms. The zero-order valence-electron chi connectivity index (χ0n) is 14.3. The van der Waals surface area contributed by atoms with E-state index in [1.54, 1.807) is 13.0 Å². The van der Waals surface area contributed by atoms with Gasteiger partial charge < -0.3 is 10.1 Å². The Balaban J connectivity index is 1.68. The number of rotatable bonds is 5. The number of halogens is 2. The lowest BCUT2D eigenvalue weighted by atomic mass is 10.2. The number of esters is 1. The van der Waals surface area contributed by atoms with Gasteiger partial charge in [-0.1, -0.05) is 24.3 Å². The summed E-state index contributed by atoms with van der Waals surface area (Å²) < 4.78 is 33.4. The molecule has 1 heterocycles. The highest BCUT2D eigenvalue weighted by Crippen LogP contribution is 2.17. The van der Waals surface area contributed by atoms with Crippen molar-refractivity contribution < 1.29 is 23.1 Å². The Morgan fingerprint density at radius 2 is 1.74 bits per heavy atom. The molecule has 27 heavy (non-hydrogen) atoms. The van der Waals surface area contributed by atoms with Gasteiger partial charge in [0.25, 0.3) is 5.91 Å². The van der Waals surface area contributed by atoms with Crippen LogP contribution in [-0.4, -0.2) is 28.3 Å². The highest BCUT2D eigenvalue weighted by Gasteiger charge is 2.20. The van der Waals surface area contributed by atoms with Gasteiger partial charge >= 0.3 is 5.97 Å². The van der Waals surface area contributed by atoms with Crippen molar-refractivity contribution in [1.82, 2.24) is 9.78 Å². The van der Waals surface area contributed by atoms with Gasteiger partial charge in [0.05, 0.1) is 11.4 Å². The molecule has 1 N–H and O–H groups in total. The third kappa shape index (κ3) is 4.17. The molecule has 0 aliphatic carbocycles. The Morgan fingerprint density at radius 1 is 1.07 bits per heavy atom. The number of para-hydroxylation sites is 1. The number of carbonyl (C=O) groups excluding carboxylic acids is 2. The molecule has 0 unspecified atom stereocenters. The number of nitrogens with zero attached hydrogens (tertiary/aromatic N) is 2. The van der Waals surface area contributed by atoms with Crippen LogP contribution in [0.5, 0.6) is 0 Å². The van der Waals surface area contributed by atoms with Gasteiger partial charge in [-0.2, -0.15) is 5.10 Å². The van der Waals surface area contributed by atoms with Crippen LogP contribution in [0.3, 0.4) is 0 Å². The van der Waals surface area contributed by atoms with Crippen molar-refractivity contribution in [2.45, 2.75) is 6.92 Å². The van der Waals surface area contributed by atoms with Crippen LogP contribution < -0.4 is 5.32 Å². The summed E-state index contributed by atoms with van der Waals surface area (Å²) in [5, 5.41) is 6.86. The van der Waals surface area contributed by atoms with E-state index in [1.165, 1.54) is 4.68 Å². The van der Waals surface area contributed by atoms with Gasteiger partial charge in [0.2, 0.25) is 0 Å². The molecular formula is C19H15F2N3O3. The van der Waals surface area contributed by atoms with Crippen molar-refractivity contribution in [1.29, 1.82) is 0 Å². The Morgan fingerprint density at radius 3 is 2.41 bits per heavy atom. The molecule has 6 nitrogen and oxygen atoms in total. The predicted octanol–water partition coefficient (Wildman–Crippen LogP) is 3.25. The Bertz CT molecular complexity index is 967. The first-order valence-corrected chi connectivity index (χ1v) is 7.99. The number of amides is 1. The lowest BCUT2D eigenvalue weighted by Crippen LogP contribution is -2.23. The number of anilines is 1. The number of aryl methyl sites for hydroxylation is 1. The standard InChI is InChI=1S/C19H15F2N3O3/c1-12-10-16(24(23-12)13-6-3-2-4-7-13)22-17(25)11-27-19(26)18-14(20)8-5-9-15(18)21/h2-10H,11H2,1H3,(H,22,25). The summed E-state index contributed by atoms with van der Waals surface area (Å²) >= 11 is 0. The molecule has 1 aromatic heterocycles. The van der Waals surface area contributed by atoms with E-state index in [1.807, 2.05) is 30.3 Å². The van der Waals surface area contributed by atoms with E-state index in [2.05, 4.69) is 10.4 Å². The first-order valence-electron chi connectivity index (χ1n) is 7.99. The van der Waals surface area contributed by atoms with Gasteiger partial charge in [0.15, 0.2) is 6.61 Å². The van der Waals surface area contributed by atoms with Crippen molar-refractivity contribution >= 4 is 17.7 Å². The first-order chi connectivity index (χ1) is 13.0. The molecule has 0 fully saturated rings. The van der Waals surface area contributed by atoms with Gasteiger partial charge in [-0.25, -0.2) is 18.3 Å². The monoisotopic (exact) mass is 371 g/mol. The number of nitrogens with one attached hydrogen (secondary N) is 1. The van der Waals surface area contributed by atoms with E-state index in [9.17, 15) is 18.4 Å². The summed E-state index contributed by atoms with van der Waals surface area (Å²) in [6.45, 7) is 1.06. The molecule has 0 aliphatic rings. The van der Waals surface area contributed by atoms with Crippen LogP contribution in [0.1, 0.15) is 16.1 Å². The van der Waals surface area contributed by atoms with Gasteiger partial charge in [-0.15, -0.1) is 0 Å². The Kier molecular flexibility index (Phi) is 5.25. The lowest BCUT2D eigenvalue weighted by molar-refractivity contribution is -0.119. The second-order valence-corrected chi connectivity index (χ2v) is 5.64. The van der Waals surface area contributed by atoms with E-state index in [0.717, 1.165) is 23.9 Å². The second-order valence-electron chi connectivity index (χ2n) is 5.64. The number of hydrogen-bond donors (Lipinski definition) is 1. The zero-order valence-corrected chi connectivity index (χ0v) is 14.3. The van der Waals surface area contributed by atoms with E-state index >= 15 is 0 Å². The molecule has 0 saturated carbocycles. The van der Waals surface area contributed by atoms with Crippen LogP contribution in [0.25, 0.3) is 5.69 Å². The fourth-order valence-corrected chi connectivity index (χ4v) is 2.43. The number of carbonyl (C=O) groups is 2. The molecular weight excluding hydrogens is 356 g/mol. The number of aromatic nitrogens is 2. The summed E-state index contributed by atoms with van der Waals surface area (Å²) in [6, 6.07) is 13.7. The highest BCUT2D eigenvalue weighted by molar-refractivity contribution is 5.95. The molecule has 0 radical (unpaired) electrons. The van der Waals surface area contributed by atoms with Gasteiger partial charge in [0.1, 0.15) is 23.0 Å². The average molecular weight is 371 g/mol. The highest BCUT2D eigenvalue weighted by atomic mass is 19.1. The normalized spacial score (nSPS) is 10.5. The zero-order chi connectivity index (χ0) is 19.4. The fraction of sp³-hybridized carbons (Fsp3) is 0.105. The van der Waals surface area contributed by atoms with Crippen molar-refractivity contribution in [3.05, 3.63) is 77.5 Å². The SMILES string of the molecule is Cc1cc(NC(=O)COC(=O)c2c(F)cccc2F)n(-c2ccccc2)n1. The molecule has 3 rings (SSSR count). The molecule has 2 aromatic carbocycles. The third-order valence-corrected chi connectivity index (χ3v) is 3.60. The summed E-state index contributed by atoms with van der Waals surface area (Å²) in [5.74, 6) is -3.67. The summed E-state index contributed by atoms with van der Waals surface area (Å²) in [7, 11) is 0. The maximum atomic E-state index is 13.6. The minimum Gasteiger partial charge on any atom is -0.452 e. The first kappa shape index (κ1) is 18.2. The van der Waals surface area contributed by atoms with Crippen molar-refractivity contribution in [2.75, 3.05) is 11.9 Å². The molecule has 0 aliphatic heterocycles. The van der Waals surface area contributed by atoms with E-state index in [-0.39, 0.29) is 0 Å². The number of benzene rings is 2. The summed E-state index contributed by atoms with van der Waals surface area (Å²) in [6.07, 6.45) is 0. The Labute approximate surface area is 153 Å². The maximum Gasteiger partial charge on any atom is 0.344 e. The van der Waals surface area contributed by atoms with E-state index in [0.29, 0.717) is 11.5 Å². The second kappa shape index (κ2) is 7.77. The quantitative estimate of drug-likeness (QED) is 0.699. The molecule has 8 heteroatoms. The largest absolute Gasteiger partial charge is 0.452 e.